The van der Waals surface area contributed by atoms with E-state index in [-0.39, 0.29) is 16.6 Å². The molecular formula is C11H12ClN3O2S2. The predicted octanol–water partition coefficient (Wildman–Crippen LogP) is 2.32. The third-order valence-corrected chi connectivity index (χ3v) is 5.36. The second kappa shape index (κ2) is 5.54. The molecule has 2 aromatic heterocycles. The van der Waals surface area contributed by atoms with E-state index in [1.54, 1.807) is 6.20 Å². The second-order valence-corrected chi connectivity index (χ2v) is 7.67. The Kier molecular flexibility index (Phi) is 4.19. The fourth-order valence-electron chi connectivity index (χ4n) is 1.51. The van der Waals surface area contributed by atoms with E-state index >= 15 is 0 Å². The van der Waals surface area contributed by atoms with E-state index in [2.05, 4.69) is 9.97 Å². The summed E-state index contributed by atoms with van der Waals surface area (Å²) in [4.78, 5) is 8.91. The molecule has 19 heavy (non-hydrogen) atoms. The van der Waals surface area contributed by atoms with Crippen LogP contribution >= 0.6 is 22.9 Å². The maximum atomic E-state index is 12.3. The SMILES string of the molecule is Cc1ncc(CN(C)S(=O)(=O)c2ccnc(Cl)c2)s1. The van der Waals surface area contributed by atoms with Crippen molar-refractivity contribution in [3.8, 4) is 0 Å². The lowest BCUT2D eigenvalue weighted by Gasteiger charge is -2.16. The lowest BCUT2D eigenvalue weighted by Crippen LogP contribution is -2.26. The molecule has 0 aliphatic carbocycles. The van der Waals surface area contributed by atoms with Gasteiger partial charge in [-0.3, -0.25) is 0 Å². The molecule has 0 spiro atoms. The van der Waals surface area contributed by atoms with Gasteiger partial charge in [-0.25, -0.2) is 18.4 Å². The molecule has 0 atom stereocenters. The Balaban J connectivity index is 2.24. The molecular weight excluding hydrogens is 306 g/mol. The number of hydrogen-bond donors (Lipinski definition) is 0. The van der Waals surface area contributed by atoms with E-state index in [1.807, 2.05) is 6.92 Å². The molecule has 0 fully saturated rings. The van der Waals surface area contributed by atoms with Crippen molar-refractivity contribution in [1.82, 2.24) is 14.3 Å². The topological polar surface area (TPSA) is 63.2 Å². The second-order valence-electron chi connectivity index (χ2n) is 3.92. The average Bonchev–Trinajstić information content (AvgIpc) is 2.74. The number of aromatic nitrogens is 2. The Labute approximate surface area is 120 Å². The zero-order valence-corrected chi connectivity index (χ0v) is 12.8. The summed E-state index contributed by atoms with van der Waals surface area (Å²) >= 11 is 7.19. The number of nitrogens with zero attached hydrogens (tertiary/aromatic N) is 3. The molecule has 2 heterocycles. The molecule has 0 radical (unpaired) electrons. The van der Waals surface area contributed by atoms with Crippen LogP contribution in [0.25, 0.3) is 0 Å². The van der Waals surface area contributed by atoms with Gasteiger partial charge in [-0.15, -0.1) is 11.3 Å². The third kappa shape index (κ3) is 3.30. The van der Waals surface area contributed by atoms with Crippen molar-refractivity contribution in [2.75, 3.05) is 7.05 Å². The molecule has 0 amide bonds. The van der Waals surface area contributed by atoms with Gasteiger partial charge in [0.25, 0.3) is 0 Å². The fraction of sp³-hybridized carbons (Fsp3) is 0.273. The average molecular weight is 318 g/mol. The van der Waals surface area contributed by atoms with Gasteiger partial charge < -0.3 is 0 Å². The Morgan fingerprint density at radius 3 is 2.74 bits per heavy atom. The highest BCUT2D eigenvalue weighted by Crippen LogP contribution is 2.20. The molecule has 0 saturated heterocycles. The van der Waals surface area contributed by atoms with Crippen LogP contribution in [0.3, 0.4) is 0 Å². The molecule has 0 unspecified atom stereocenters. The molecule has 5 nitrogen and oxygen atoms in total. The minimum Gasteiger partial charge on any atom is -0.250 e. The normalized spacial score (nSPS) is 12.0. The summed E-state index contributed by atoms with van der Waals surface area (Å²) in [6, 6.07) is 2.76. The Bertz CT molecular complexity index is 685. The van der Waals surface area contributed by atoms with E-state index < -0.39 is 10.0 Å². The van der Waals surface area contributed by atoms with Crippen molar-refractivity contribution in [3.05, 3.63) is 39.6 Å². The van der Waals surface area contributed by atoms with Crippen LogP contribution in [0, 0.1) is 6.92 Å². The van der Waals surface area contributed by atoms with Gasteiger partial charge >= 0.3 is 0 Å². The van der Waals surface area contributed by atoms with Crippen molar-refractivity contribution < 1.29 is 8.42 Å². The highest BCUT2D eigenvalue weighted by molar-refractivity contribution is 7.89. The van der Waals surface area contributed by atoms with Crippen LogP contribution in [-0.2, 0) is 16.6 Å². The third-order valence-electron chi connectivity index (χ3n) is 2.45. The zero-order valence-electron chi connectivity index (χ0n) is 10.4. The van der Waals surface area contributed by atoms with Crippen molar-refractivity contribution in [2.24, 2.45) is 0 Å². The number of hydrogen-bond acceptors (Lipinski definition) is 5. The number of pyridine rings is 1. The maximum absolute atomic E-state index is 12.3. The molecule has 0 aliphatic heterocycles. The molecule has 102 valence electrons. The molecule has 8 heteroatoms. The molecule has 2 aromatic rings. The highest BCUT2D eigenvalue weighted by Gasteiger charge is 2.21. The number of sulfonamides is 1. The van der Waals surface area contributed by atoms with Crippen LogP contribution in [0.4, 0.5) is 0 Å². The summed E-state index contributed by atoms with van der Waals surface area (Å²) in [6.45, 7) is 2.17. The van der Waals surface area contributed by atoms with Gasteiger partial charge in [0.1, 0.15) is 5.15 Å². The standard InChI is InChI=1S/C11H12ClN3O2S2/c1-8-14-6-9(18-8)7-15(2)19(16,17)10-3-4-13-11(12)5-10/h3-6H,7H2,1-2H3. The van der Waals surface area contributed by atoms with Crippen molar-refractivity contribution in [2.45, 2.75) is 18.4 Å². The number of rotatable bonds is 4. The predicted molar refractivity (Wildman–Crippen MR) is 74.8 cm³/mol. The zero-order chi connectivity index (χ0) is 14.0. The summed E-state index contributed by atoms with van der Waals surface area (Å²) in [7, 11) is -2.04. The highest BCUT2D eigenvalue weighted by atomic mass is 35.5. The summed E-state index contributed by atoms with van der Waals surface area (Å²) in [5, 5.41) is 1.07. The van der Waals surface area contributed by atoms with Crippen molar-refractivity contribution in [3.63, 3.8) is 0 Å². The van der Waals surface area contributed by atoms with Crippen LogP contribution in [0.1, 0.15) is 9.88 Å². The summed E-state index contributed by atoms with van der Waals surface area (Å²) in [5.74, 6) is 0. The van der Waals surface area contributed by atoms with Gasteiger partial charge in [-0.2, -0.15) is 4.31 Å². The van der Waals surface area contributed by atoms with E-state index in [9.17, 15) is 8.42 Å². The van der Waals surface area contributed by atoms with Crippen LogP contribution in [0.5, 0.6) is 0 Å². The molecule has 0 bridgehead atoms. The van der Waals surface area contributed by atoms with Gasteiger partial charge in [0, 0.05) is 30.9 Å². The first-order chi connectivity index (χ1) is 8.89. The van der Waals surface area contributed by atoms with Gasteiger partial charge in [0.15, 0.2) is 0 Å². The minimum absolute atomic E-state index is 0.135. The maximum Gasteiger partial charge on any atom is 0.243 e. The monoisotopic (exact) mass is 317 g/mol. The summed E-state index contributed by atoms with van der Waals surface area (Å²) in [6.07, 6.45) is 3.06. The van der Waals surface area contributed by atoms with Crippen LogP contribution in [0.15, 0.2) is 29.4 Å². The van der Waals surface area contributed by atoms with E-state index in [0.717, 1.165) is 9.88 Å². The van der Waals surface area contributed by atoms with E-state index in [0.29, 0.717) is 0 Å². The van der Waals surface area contributed by atoms with Crippen LogP contribution in [-0.4, -0.2) is 29.7 Å². The molecule has 0 saturated carbocycles. The smallest absolute Gasteiger partial charge is 0.243 e. The minimum atomic E-state index is -3.56. The first-order valence-electron chi connectivity index (χ1n) is 5.39. The number of halogens is 1. The summed E-state index contributed by atoms with van der Waals surface area (Å²) in [5.41, 5.74) is 0. The molecule has 0 N–H and O–H groups in total. The Morgan fingerprint density at radius 2 is 2.16 bits per heavy atom. The first-order valence-corrected chi connectivity index (χ1v) is 8.02. The largest absolute Gasteiger partial charge is 0.250 e. The van der Waals surface area contributed by atoms with Gasteiger partial charge in [-0.05, 0) is 19.1 Å². The van der Waals surface area contributed by atoms with E-state index in [1.165, 1.54) is 41.0 Å². The first kappa shape index (κ1) is 14.4. The Morgan fingerprint density at radius 1 is 1.42 bits per heavy atom. The quantitative estimate of drug-likeness (QED) is 0.812. The molecule has 0 aromatic carbocycles. The lowest BCUT2D eigenvalue weighted by molar-refractivity contribution is 0.469. The molecule has 2 rings (SSSR count). The van der Waals surface area contributed by atoms with Crippen LogP contribution in [0.2, 0.25) is 5.15 Å². The Hall–Kier alpha value is -1.02. The number of thiazole rings is 1. The van der Waals surface area contributed by atoms with Gasteiger partial charge in [0.05, 0.1) is 9.90 Å². The van der Waals surface area contributed by atoms with E-state index in [4.69, 9.17) is 11.6 Å². The van der Waals surface area contributed by atoms with Gasteiger partial charge in [0.2, 0.25) is 10.0 Å². The van der Waals surface area contributed by atoms with Crippen molar-refractivity contribution in [1.29, 1.82) is 0 Å². The number of aryl methyl sites for hydroxylation is 1. The fourth-order valence-corrected chi connectivity index (χ4v) is 3.84. The van der Waals surface area contributed by atoms with Gasteiger partial charge in [-0.1, -0.05) is 11.6 Å². The molecule has 0 aliphatic rings. The lowest BCUT2D eigenvalue weighted by atomic mass is 10.5. The van der Waals surface area contributed by atoms with Crippen molar-refractivity contribution >= 4 is 33.0 Å². The summed E-state index contributed by atoms with van der Waals surface area (Å²) < 4.78 is 25.9. The van der Waals surface area contributed by atoms with Crippen LogP contribution < -0.4 is 0 Å².